The summed E-state index contributed by atoms with van der Waals surface area (Å²) in [5.41, 5.74) is 1.03. The topological polar surface area (TPSA) is 51.1 Å². The average molecular weight is 256 g/mol. The predicted molar refractivity (Wildman–Crippen MR) is 72.0 cm³/mol. The van der Waals surface area contributed by atoms with Crippen LogP contribution in [0.3, 0.4) is 0 Å². The molecule has 0 N–H and O–H groups in total. The summed E-state index contributed by atoms with van der Waals surface area (Å²) in [5, 5.41) is 0. The first-order valence-corrected chi connectivity index (χ1v) is 6.50. The highest BCUT2D eigenvalue weighted by Crippen LogP contribution is 2.20. The van der Waals surface area contributed by atoms with Crippen molar-refractivity contribution in [3.63, 3.8) is 0 Å². The summed E-state index contributed by atoms with van der Waals surface area (Å²) in [6.07, 6.45) is 7.57. The van der Waals surface area contributed by atoms with Crippen molar-refractivity contribution in [3.05, 3.63) is 42.5 Å². The van der Waals surface area contributed by atoms with Gasteiger partial charge in [0.25, 0.3) is 0 Å². The van der Waals surface area contributed by atoms with Crippen LogP contribution in [0.15, 0.2) is 36.9 Å². The van der Waals surface area contributed by atoms with Crippen LogP contribution in [0.1, 0.15) is 18.4 Å². The highest BCUT2D eigenvalue weighted by atomic mass is 16.5. The largest absolute Gasteiger partial charge is 0.473 e. The van der Waals surface area contributed by atoms with E-state index in [9.17, 15) is 0 Å². The Bertz CT molecular complexity index is 526. The highest BCUT2D eigenvalue weighted by Gasteiger charge is 2.14. The van der Waals surface area contributed by atoms with Crippen LogP contribution in [0.5, 0.6) is 5.88 Å². The van der Waals surface area contributed by atoms with Crippen LogP contribution >= 0.6 is 0 Å². The molecule has 5 nitrogen and oxygen atoms in total. The lowest BCUT2D eigenvalue weighted by Crippen LogP contribution is -2.19. The van der Waals surface area contributed by atoms with Crippen LogP contribution in [0, 0.1) is 0 Å². The summed E-state index contributed by atoms with van der Waals surface area (Å²) >= 11 is 0. The minimum absolute atomic E-state index is 0.476. The summed E-state index contributed by atoms with van der Waals surface area (Å²) in [6.45, 7) is 2.61. The minimum Gasteiger partial charge on any atom is -0.473 e. The van der Waals surface area contributed by atoms with Crippen molar-refractivity contribution in [1.29, 1.82) is 0 Å². The second kappa shape index (κ2) is 5.65. The van der Waals surface area contributed by atoms with Gasteiger partial charge in [0.1, 0.15) is 18.8 Å². The molecule has 5 heteroatoms. The Balaban J connectivity index is 1.66. The van der Waals surface area contributed by atoms with Crippen molar-refractivity contribution in [2.24, 2.45) is 0 Å². The van der Waals surface area contributed by atoms with Gasteiger partial charge in [-0.05, 0) is 18.9 Å². The quantitative estimate of drug-likeness (QED) is 0.838. The van der Waals surface area contributed by atoms with Gasteiger partial charge in [0.15, 0.2) is 0 Å². The molecule has 3 rings (SSSR count). The molecule has 1 aliphatic heterocycles. The average Bonchev–Trinajstić information content (AvgIpc) is 3.01. The maximum Gasteiger partial charge on any atom is 0.218 e. The number of pyridine rings is 1. The molecule has 1 aliphatic rings. The molecule has 0 bridgehead atoms. The monoisotopic (exact) mass is 256 g/mol. The Kier molecular flexibility index (Phi) is 3.54. The molecule has 1 saturated heterocycles. The van der Waals surface area contributed by atoms with Gasteiger partial charge in [-0.15, -0.1) is 0 Å². The molecule has 0 unspecified atom stereocenters. The van der Waals surface area contributed by atoms with E-state index < -0.39 is 0 Å². The molecular formula is C14H16N4O. The molecule has 2 aromatic rings. The Labute approximate surface area is 112 Å². The van der Waals surface area contributed by atoms with Gasteiger partial charge in [-0.25, -0.2) is 9.97 Å². The van der Waals surface area contributed by atoms with Crippen molar-refractivity contribution >= 4 is 5.82 Å². The van der Waals surface area contributed by atoms with Gasteiger partial charge in [-0.2, -0.15) is 0 Å². The van der Waals surface area contributed by atoms with Crippen LogP contribution in [0.25, 0.3) is 0 Å². The van der Waals surface area contributed by atoms with Crippen LogP contribution < -0.4 is 9.64 Å². The zero-order valence-corrected chi connectivity index (χ0v) is 10.7. The molecule has 0 radical (unpaired) electrons. The number of ether oxygens (including phenoxy) is 1. The number of nitrogens with zero attached hydrogens (tertiary/aromatic N) is 4. The van der Waals surface area contributed by atoms with E-state index in [-0.39, 0.29) is 0 Å². The zero-order valence-electron chi connectivity index (χ0n) is 10.7. The molecule has 0 spiro atoms. The molecule has 3 heterocycles. The Hall–Kier alpha value is -2.17. The van der Waals surface area contributed by atoms with E-state index in [2.05, 4.69) is 19.9 Å². The van der Waals surface area contributed by atoms with Gasteiger partial charge >= 0.3 is 0 Å². The molecule has 0 atom stereocenters. The molecule has 0 saturated carbocycles. The van der Waals surface area contributed by atoms with Crippen molar-refractivity contribution in [1.82, 2.24) is 15.0 Å². The lowest BCUT2D eigenvalue weighted by atomic mass is 10.3. The standard InChI is InChI=1S/C14H16N4O/c1-2-7-18(6-1)13-8-14(17-11-16-13)19-10-12-4-3-5-15-9-12/h3-5,8-9,11H,1-2,6-7,10H2. The van der Waals surface area contributed by atoms with E-state index in [1.807, 2.05) is 18.2 Å². The fourth-order valence-electron chi connectivity index (χ4n) is 2.17. The van der Waals surface area contributed by atoms with Crippen molar-refractivity contribution in [2.45, 2.75) is 19.4 Å². The molecule has 0 amide bonds. The van der Waals surface area contributed by atoms with Crippen molar-refractivity contribution in [3.8, 4) is 5.88 Å². The van der Waals surface area contributed by atoms with Crippen molar-refractivity contribution < 1.29 is 4.74 Å². The van der Waals surface area contributed by atoms with E-state index in [1.54, 1.807) is 18.7 Å². The highest BCUT2D eigenvalue weighted by molar-refractivity contribution is 5.41. The molecule has 98 valence electrons. The maximum absolute atomic E-state index is 5.67. The van der Waals surface area contributed by atoms with Gasteiger partial charge in [-0.3, -0.25) is 4.98 Å². The summed E-state index contributed by atoms with van der Waals surface area (Å²) in [5.74, 6) is 1.56. The second-order valence-corrected chi connectivity index (χ2v) is 4.56. The summed E-state index contributed by atoms with van der Waals surface area (Å²) < 4.78 is 5.67. The Morgan fingerprint density at radius 3 is 2.89 bits per heavy atom. The molecule has 0 aromatic carbocycles. The summed E-state index contributed by atoms with van der Waals surface area (Å²) in [4.78, 5) is 14.8. The number of rotatable bonds is 4. The van der Waals surface area contributed by atoms with Gasteiger partial charge in [0.2, 0.25) is 5.88 Å². The molecule has 0 aliphatic carbocycles. The van der Waals surface area contributed by atoms with Gasteiger partial charge in [0.05, 0.1) is 0 Å². The number of hydrogen-bond donors (Lipinski definition) is 0. The fraction of sp³-hybridized carbons (Fsp3) is 0.357. The number of hydrogen-bond acceptors (Lipinski definition) is 5. The normalized spacial score (nSPS) is 14.6. The first-order valence-electron chi connectivity index (χ1n) is 6.50. The minimum atomic E-state index is 0.476. The lowest BCUT2D eigenvalue weighted by molar-refractivity contribution is 0.293. The van der Waals surface area contributed by atoms with E-state index in [1.165, 1.54) is 12.8 Å². The maximum atomic E-state index is 5.67. The van der Waals surface area contributed by atoms with Crippen LogP contribution in [0.4, 0.5) is 5.82 Å². The van der Waals surface area contributed by atoms with E-state index in [0.717, 1.165) is 24.5 Å². The van der Waals surface area contributed by atoms with E-state index >= 15 is 0 Å². The molecule has 1 fully saturated rings. The third-order valence-corrected chi connectivity index (χ3v) is 3.17. The van der Waals surface area contributed by atoms with Crippen LogP contribution in [0.2, 0.25) is 0 Å². The van der Waals surface area contributed by atoms with Crippen molar-refractivity contribution in [2.75, 3.05) is 18.0 Å². The Morgan fingerprint density at radius 1 is 1.21 bits per heavy atom. The summed E-state index contributed by atoms with van der Waals surface area (Å²) in [6, 6.07) is 5.78. The summed E-state index contributed by atoms with van der Waals surface area (Å²) in [7, 11) is 0. The Morgan fingerprint density at radius 2 is 2.11 bits per heavy atom. The number of aromatic nitrogens is 3. The van der Waals surface area contributed by atoms with Crippen LogP contribution in [-0.2, 0) is 6.61 Å². The smallest absolute Gasteiger partial charge is 0.218 e. The van der Waals surface area contributed by atoms with E-state index in [4.69, 9.17) is 4.74 Å². The SMILES string of the molecule is c1cncc(COc2cc(N3CCCC3)ncn2)c1. The first kappa shape index (κ1) is 11.9. The second-order valence-electron chi connectivity index (χ2n) is 4.56. The third-order valence-electron chi connectivity index (χ3n) is 3.17. The molecule has 2 aromatic heterocycles. The predicted octanol–water partition coefficient (Wildman–Crippen LogP) is 2.05. The fourth-order valence-corrected chi connectivity index (χ4v) is 2.17. The third kappa shape index (κ3) is 2.99. The van der Waals surface area contributed by atoms with Gasteiger partial charge < -0.3 is 9.64 Å². The van der Waals surface area contributed by atoms with Crippen LogP contribution in [-0.4, -0.2) is 28.0 Å². The molecular weight excluding hydrogens is 240 g/mol. The first-order chi connectivity index (χ1) is 9.42. The molecule has 19 heavy (non-hydrogen) atoms. The van der Waals surface area contributed by atoms with Gasteiger partial charge in [-0.1, -0.05) is 6.07 Å². The number of anilines is 1. The lowest BCUT2D eigenvalue weighted by Gasteiger charge is -2.16. The van der Waals surface area contributed by atoms with Gasteiger partial charge in [0, 0.05) is 37.1 Å². The van der Waals surface area contributed by atoms with E-state index in [0.29, 0.717) is 12.5 Å². The zero-order chi connectivity index (χ0) is 12.9.